The predicted molar refractivity (Wildman–Crippen MR) is 40.4 cm³/mol. The van der Waals surface area contributed by atoms with Gasteiger partial charge in [0, 0.05) is 0 Å². The molecule has 0 spiro atoms. The van der Waals surface area contributed by atoms with Gasteiger partial charge in [-0.2, -0.15) is 6.54 Å². The summed E-state index contributed by atoms with van der Waals surface area (Å²) in [6.07, 6.45) is 1.19. The molecule has 9 heavy (non-hydrogen) atoms. The average Bonchev–Trinajstić information content (AvgIpc) is 1.88. The van der Waals surface area contributed by atoms with E-state index in [4.69, 9.17) is 0 Å². The van der Waals surface area contributed by atoms with Gasteiger partial charge in [0.25, 0.3) is 0 Å². The van der Waals surface area contributed by atoms with Gasteiger partial charge in [-0.25, -0.2) is 0 Å². The van der Waals surface area contributed by atoms with Crippen LogP contribution >= 0.6 is 0 Å². The van der Waals surface area contributed by atoms with E-state index in [1.807, 2.05) is 13.8 Å². The first-order valence-electron chi connectivity index (χ1n) is 3.55. The van der Waals surface area contributed by atoms with Crippen molar-refractivity contribution in [1.29, 1.82) is 0 Å². The van der Waals surface area contributed by atoms with Crippen LogP contribution in [-0.4, -0.2) is 13.1 Å². The predicted octanol–water partition coefficient (Wildman–Crippen LogP) is -0.180. The second-order valence-electron chi connectivity index (χ2n) is 1.26. The van der Waals surface area contributed by atoms with Crippen LogP contribution in [0.4, 0.5) is 0 Å². The Morgan fingerprint density at radius 3 is 1.67 bits per heavy atom. The van der Waals surface area contributed by atoms with E-state index in [-0.39, 0.29) is 51.4 Å². The minimum absolute atomic E-state index is 0. The molecule has 0 fully saturated rings. The van der Waals surface area contributed by atoms with E-state index in [2.05, 4.69) is 19.2 Å². The molecule has 0 aromatic rings. The molecule has 0 saturated carbocycles. The number of hydrogen-bond donors (Lipinski definition) is 0. The van der Waals surface area contributed by atoms with E-state index in [0.29, 0.717) is 0 Å². The van der Waals surface area contributed by atoms with Gasteiger partial charge in [-0.1, -0.05) is 34.1 Å². The van der Waals surface area contributed by atoms with Crippen molar-refractivity contribution in [2.24, 2.45) is 0 Å². The van der Waals surface area contributed by atoms with Gasteiger partial charge in [0.15, 0.2) is 0 Å². The van der Waals surface area contributed by atoms with Crippen LogP contribution in [0.2, 0.25) is 0 Å². The Bertz CT molecular complexity index is 20.9. The summed E-state index contributed by atoms with van der Waals surface area (Å²) in [5.74, 6) is 0. The zero-order valence-electron chi connectivity index (χ0n) is 7.57. The van der Waals surface area contributed by atoms with E-state index in [1.54, 1.807) is 0 Å². The minimum atomic E-state index is 0. The molecule has 0 unspecified atom stereocenters. The van der Waals surface area contributed by atoms with Crippen molar-refractivity contribution in [1.82, 2.24) is 0 Å². The fourth-order valence-electron chi connectivity index (χ4n) is 0.316. The van der Waals surface area contributed by atoms with Gasteiger partial charge in [0.1, 0.15) is 0 Å². The van der Waals surface area contributed by atoms with Crippen molar-refractivity contribution in [3.05, 3.63) is 5.32 Å². The number of hydrogen-bond acceptors (Lipinski definition) is 0. The van der Waals surface area contributed by atoms with Gasteiger partial charge in [0.05, 0.1) is 0 Å². The Balaban J connectivity index is -0.000000109. The molecule has 0 saturated heterocycles. The van der Waals surface area contributed by atoms with Crippen LogP contribution < -0.4 is 51.4 Å². The SMILES string of the molecule is CC.CCC[N-]CC.[K+]. The fraction of sp³-hybridized carbons (Fsp3) is 1.00. The van der Waals surface area contributed by atoms with Gasteiger partial charge in [-0.05, 0) is 0 Å². The fourth-order valence-corrected chi connectivity index (χ4v) is 0.316. The molecule has 0 radical (unpaired) electrons. The molecule has 0 heterocycles. The van der Waals surface area contributed by atoms with Gasteiger partial charge in [0.2, 0.25) is 0 Å². The summed E-state index contributed by atoms with van der Waals surface area (Å²) < 4.78 is 0. The summed E-state index contributed by atoms with van der Waals surface area (Å²) in [6, 6.07) is 0. The maximum absolute atomic E-state index is 4.09. The largest absolute Gasteiger partial charge is 1.00 e. The number of rotatable bonds is 3. The van der Waals surface area contributed by atoms with Crippen LogP contribution in [0.25, 0.3) is 5.32 Å². The zero-order valence-corrected chi connectivity index (χ0v) is 10.7. The Morgan fingerprint density at radius 2 is 1.56 bits per heavy atom. The van der Waals surface area contributed by atoms with E-state index in [9.17, 15) is 0 Å². The third-order valence-corrected chi connectivity index (χ3v) is 0.605. The van der Waals surface area contributed by atoms with Crippen LogP contribution in [-0.2, 0) is 0 Å². The molecule has 0 aromatic heterocycles. The molecular formula is C7H18KN. The molecule has 2 heteroatoms. The quantitative estimate of drug-likeness (QED) is 0.396. The molecule has 0 amide bonds. The third-order valence-electron chi connectivity index (χ3n) is 0.605. The summed E-state index contributed by atoms with van der Waals surface area (Å²) in [7, 11) is 0. The molecule has 1 nitrogen and oxygen atoms in total. The van der Waals surface area contributed by atoms with Gasteiger partial charge < -0.3 is 5.32 Å². The standard InChI is InChI=1S/C5H12N.C2H6.K/c1-3-5-6-4-2;1-2;/h3-5H2,1-2H3;1-2H3;/q-1;;+1. The summed E-state index contributed by atoms with van der Waals surface area (Å²) in [4.78, 5) is 0. The Kier molecular flexibility index (Phi) is 42.5. The molecule has 0 aromatic carbocycles. The van der Waals surface area contributed by atoms with E-state index >= 15 is 0 Å². The van der Waals surface area contributed by atoms with Crippen LogP contribution in [0.15, 0.2) is 0 Å². The molecule has 52 valence electrons. The smallest absolute Gasteiger partial charge is 0.662 e. The average molecular weight is 155 g/mol. The number of nitrogens with zero attached hydrogens (tertiary/aromatic N) is 1. The van der Waals surface area contributed by atoms with Crippen LogP contribution in [0.1, 0.15) is 34.1 Å². The summed E-state index contributed by atoms with van der Waals surface area (Å²) in [5, 5.41) is 4.09. The molecule has 0 rings (SSSR count). The van der Waals surface area contributed by atoms with Crippen molar-refractivity contribution < 1.29 is 51.4 Å². The second kappa shape index (κ2) is 22.6. The Hall–Kier alpha value is 1.60. The summed E-state index contributed by atoms with van der Waals surface area (Å²) >= 11 is 0. The topological polar surface area (TPSA) is 14.1 Å². The molecule has 0 aliphatic rings. The van der Waals surface area contributed by atoms with Crippen molar-refractivity contribution in [3.63, 3.8) is 0 Å². The minimum Gasteiger partial charge on any atom is -0.662 e. The normalized spacial score (nSPS) is 6.67. The van der Waals surface area contributed by atoms with Crippen molar-refractivity contribution in [2.45, 2.75) is 34.1 Å². The van der Waals surface area contributed by atoms with Crippen LogP contribution in [0.3, 0.4) is 0 Å². The monoisotopic (exact) mass is 155 g/mol. The molecule has 0 aliphatic carbocycles. The maximum Gasteiger partial charge on any atom is 1.00 e. The molecular weight excluding hydrogens is 137 g/mol. The first-order valence-corrected chi connectivity index (χ1v) is 3.55. The van der Waals surface area contributed by atoms with Crippen molar-refractivity contribution in [2.75, 3.05) is 13.1 Å². The van der Waals surface area contributed by atoms with E-state index < -0.39 is 0 Å². The molecule has 0 N–H and O–H groups in total. The summed E-state index contributed by atoms with van der Waals surface area (Å²) in [5.41, 5.74) is 0. The van der Waals surface area contributed by atoms with Crippen LogP contribution in [0, 0.1) is 0 Å². The first-order chi connectivity index (χ1) is 3.91. The van der Waals surface area contributed by atoms with Gasteiger partial charge in [-0.15, -0.1) is 6.54 Å². The van der Waals surface area contributed by atoms with Crippen molar-refractivity contribution in [3.8, 4) is 0 Å². The Labute approximate surface area is 102 Å². The Morgan fingerprint density at radius 1 is 1.11 bits per heavy atom. The summed E-state index contributed by atoms with van der Waals surface area (Å²) in [6.45, 7) is 10.2. The van der Waals surface area contributed by atoms with Gasteiger partial charge >= 0.3 is 51.4 Å². The molecule has 0 bridgehead atoms. The molecule has 0 aliphatic heterocycles. The second-order valence-corrected chi connectivity index (χ2v) is 1.26. The maximum atomic E-state index is 4.09. The zero-order chi connectivity index (χ0) is 6.83. The molecule has 0 atom stereocenters. The van der Waals surface area contributed by atoms with Crippen LogP contribution in [0.5, 0.6) is 0 Å². The first kappa shape index (κ1) is 16.9. The van der Waals surface area contributed by atoms with E-state index in [1.165, 1.54) is 6.42 Å². The van der Waals surface area contributed by atoms with Gasteiger partial charge in [-0.3, -0.25) is 0 Å². The van der Waals surface area contributed by atoms with Crippen molar-refractivity contribution >= 4 is 0 Å². The van der Waals surface area contributed by atoms with E-state index in [0.717, 1.165) is 13.1 Å². The third kappa shape index (κ3) is 26.2.